The van der Waals surface area contributed by atoms with Crippen molar-refractivity contribution in [3.63, 3.8) is 0 Å². The molecule has 0 spiro atoms. The number of aliphatic hydroxyl groups excluding tert-OH is 1. The van der Waals surface area contributed by atoms with E-state index in [-0.39, 0.29) is 25.1 Å². The fourth-order valence-electron chi connectivity index (χ4n) is 2.68. The number of hydrogen-bond donors (Lipinski definition) is 1. The van der Waals surface area contributed by atoms with Gasteiger partial charge in [-0.3, -0.25) is 4.90 Å². The first-order valence-electron chi connectivity index (χ1n) is 7.74. The van der Waals surface area contributed by atoms with Gasteiger partial charge in [0.2, 0.25) is 0 Å². The number of para-hydroxylation sites is 1. The van der Waals surface area contributed by atoms with E-state index in [4.69, 9.17) is 14.6 Å². The van der Waals surface area contributed by atoms with Gasteiger partial charge in [-0.15, -0.1) is 0 Å². The predicted molar refractivity (Wildman–Crippen MR) is 79.4 cm³/mol. The molecule has 0 radical (unpaired) electrons. The fraction of sp³-hybridized carbons (Fsp3) is 0.625. The molecule has 0 bridgehead atoms. The molecule has 0 aliphatic carbocycles. The van der Waals surface area contributed by atoms with Crippen LogP contribution in [0.15, 0.2) is 24.3 Å². The van der Waals surface area contributed by atoms with E-state index in [1.54, 1.807) is 0 Å². The summed E-state index contributed by atoms with van der Waals surface area (Å²) in [5.41, 5.74) is -0.747. The van der Waals surface area contributed by atoms with E-state index < -0.39 is 11.7 Å². The first-order valence-corrected chi connectivity index (χ1v) is 7.74. The summed E-state index contributed by atoms with van der Waals surface area (Å²) in [5.74, 6) is -0.134. The van der Waals surface area contributed by atoms with Gasteiger partial charge < -0.3 is 14.6 Å². The first kappa shape index (κ1) is 18.0. The summed E-state index contributed by atoms with van der Waals surface area (Å²) in [7, 11) is 0. The molecule has 1 fully saturated rings. The second-order valence-electron chi connectivity index (χ2n) is 5.50. The zero-order valence-corrected chi connectivity index (χ0v) is 12.9. The van der Waals surface area contributed by atoms with Crippen LogP contribution in [0, 0.1) is 0 Å². The van der Waals surface area contributed by atoms with E-state index in [9.17, 15) is 13.2 Å². The summed E-state index contributed by atoms with van der Waals surface area (Å²) in [4.78, 5) is 2.11. The molecule has 0 aromatic heterocycles. The van der Waals surface area contributed by atoms with Crippen molar-refractivity contribution in [2.45, 2.75) is 25.1 Å². The monoisotopic (exact) mass is 333 g/mol. The minimum absolute atomic E-state index is 0.00611. The van der Waals surface area contributed by atoms with Gasteiger partial charge in [-0.2, -0.15) is 13.2 Å². The van der Waals surface area contributed by atoms with Gasteiger partial charge in [-0.05, 0) is 31.5 Å². The average Bonchev–Trinajstić information content (AvgIpc) is 2.53. The zero-order chi connectivity index (χ0) is 16.7. The summed E-state index contributed by atoms with van der Waals surface area (Å²) in [5, 5.41) is 8.77. The molecule has 4 nitrogen and oxygen atoms in total. The van der Waals surface area contributed by atoms with Crippen LogP contribution in [0.2, 0.25) is 0 Å². The number of rotatable bonds is 7. The van der Waals surface area contributed by atoms with Crippen LogP contribution in [0.25, 0.3) is 0 Å². The maximum Gasteiger partial charge on any atom is 0.419 e. The standard InChI is InChI=1S/C16H22F3NO3/c17-16(18,19)14-5-1-2-6-15(14)23-10-8-20-7-3-4-13(12-20)22-11-9-21/h1-2,5-6,13,21H,3-4,7-12H2. The third-order valence-electron chi connectivity index (χ3n) is 3.76. The maximum atomic E-state index is 12.9. The molecule has 1 heterocycles. The number of ether oxygens (including phenoxy) is 2. The Bertz CT molecular complexity index is 482. The Labute approximate surface area is 133 Å². The molecule has 1 saturated heterocycles. The molecule has 2 rings (SSSR count). The molecular formula is C16H22F3NO3. The third-order valence-corrected chi connectivity index (χ3v) is 3.76. The van der Waals surface area contributed by atoms with Crippen LogP contribution in [-0.2, 0) is 10.9 Å². The van der Waals surface area contributed by atoms with Crippen molar-refractivity contribution in [3.05, 3.63) is 29.8 Å². The number of halogens is 3. The SMILES string of the molecule is OCCOC1CCCN(CCOc2ccccc2C(F)(F)F)C1. The van der Waals surface area contributed by atoms with Gasteiger partial charge in [0.05, 0.1) is 24.9 Å². The second-order valence-corrected chi connectivity index (χ2v) is 5.50. The Morgan fingerprint density at radius 2 is 2.00 bits per heavy atom. The van der Waals surface area contributed by atoms with Crippen LogP contribution in [0.3, 0.4) is 0 Å². The van der Waals surface area contributed by atoms with Gasteiger partial charge in [0, 0.05) is 13.1 Å². The highest BCUT2D eigenvalue weighted by atomic mass is 19.4. The van der Waals surface area contributed by atoms with E-state index in [2.05, 4.69) is 4.90 Å². The highest BCUT2D eigenvalue weighted by Crippen LogP contribution is 2.35. The summed E-state index contributed by atoms with van der Waals surface area (Å²) >= 11 is 0. The summed E-state index contributed by atoms with van der Waals surface area (Å²) in [6.07, 6.45) is -2.44. The number of alkyl halides is 3. The topological polar surface area (TPSA) is 41.9 Å². The van der Waals surface area contributed by atoms with E-state index >= 15 is 0 Å². The molecule has 1 atom stereocenters. The zero-order valence-electron chi connectivity index (χ0n) is 12.9. The van der Waals surface area contributed by atoms with Crippen LogP contribution < -0.4 is 4.74 Å². The second kappa shape index (κ2) is 8.52. The average molecular weight is 333 g/mol. The third kappa shape index (κ3) is 5.67. The number of piperidine rings is 1. The van der Waals surface area contributed by atoms with Crippen molar-refractivity contribution in [3.8, 4) is 5.75 Å². The lowest BCUT2D eigenvalue weighted by Gasteiger charge is -2.32. The molecule has 0 amide bonds. The number of hydrogen-bond acceptors (Lipinski definition) is 4. The number of aliphatic hydroxyl groups is 1. The van der Waals surface area contributed by atoms with Gasteiger partial charge in [0.25, 0.3) is 0 Å². The molecule has 1 aliphatic rings. The fourth-order valence-corrected chi connectivity index (χ4v) is 2.68. The Morgan fingerprint density at radius 3 is 2.74 bits per heavy atom. The van der Waals surface area contributed by atoms with Crippen molar-refractivity contribution in [2.24, 2.45) is 0 Å². The van der Waals surface area contributed by atoms with E-state index in [1.807, 2.05) is 0 Å². The van der Waals surface area contributed by atoms with Crippen molar-refractivity contribution in [2.75, 3.05) is 39.5 Å². The molecule has 130 valence electrons. The molecular weight excluding hydrogens is 311 g/mol. The van der Waals surface area contributed by atoms with E-state index in [0.717, 1.165) is 25.5 Å². The quantitative estimate of drug-likeness (QED) is 0.833. The number of likely N-dealkylation sites (tertiary alicyclic amines) is 1. The number of benzene rings is 1. The Hall–Kier alpha value is -1.31. The first-order chi connectivity index (χ1) is 11.0. The lowest BCUT2D eigenvalue weighted by Crippen LogP contribution is -2.41. The molecule has 1 aromatic rings. The Balaban J connectivity index is 1.81. The van der Waals surface area contributed by atoms with Gasteiger partial charge in [0.15, 0.2) is 0 Å². The predicted octanol–water partition coefficient (Wildman–Crippen LogP) is 2.56. The van der Waals surface area contributed by atoms with Gasteiger partial charge in [-0.1, -0.05) is 12.1 Å². The van der Waals surface area contributed by atoms with Gasteiger partial charge >= 0.3 is 6.18 Å². The van der Waals surface area contributed by atoms with Crippen LogP contribution >= 0.6 is 0 Å². The lowest BCUT2D eigenvalue weighted by atomic mass is 10.1. The number of nitrogens with zero attached hydrogens (tertiary/aromatic N) is 1. The van der Waals surface area contributed by atoms with Gasteiger partial charge in [0.1, 0.15) is 12.4 Å². The van der Waals surface area contributed by atoms with Crippen molar-refractivity contribution < 1.29 is 27.8 Å². The van der Waals surface area contributed by atoms with Crippen LogP contribution in [-0.4, -0.2) is 55.6 Å². The van der Waals surface area contributed by atoms with Crippen LogP contribution in [0.1, 0.15) is 18.4 Å². The molecule has 1 aromatic carbocycles. The van der Waals surface area contributed by atoms with Gasteiger partial charge in [-0.25, -0.2) is 0 Å². The molecule has 7 heteroatoms. The Kier molecular flexibility index (Phi) is 6.68. The molecule has 0 saturated carbocycles. The van der Waals surface area contributed by atoms with Crippen LogP contribution in [0.4, 0.5) is 13.2 Å². The van der Waals surface area contributed by atoms with Crippen LogP contribution in [0.5, 0.6) is 5.75 Å². The van der Waals surface area contributed by atoms with Crippen molar-refractivity contribution in [1.82, 2.24) is 4.90 Å². The van der Waals surface area contributed by atoms with Crippen molar-refractivity contribution >= 4 is 0 Å². The largest absolute Gasteiger partial charge is 0.492 e. The highest BCUT2D eigenvalue weighted by molar-refractivity contribution is 5.35. The maximum absolute atomic E-state index is 12.9. The molecule has 1 aliphatic heterocycles. The summed E-state index contributed by atoms with van der Waals surface area (Å²) in [6, 6.07) is 5.24. The van der Waals surface area contributed by atoms with Crippen molar-refractivity contribution in [1.29, 1.82) is 0 Å². The summed E-state index contributed by atoms with van der Waals surface area (Å²) < 4.78 is 49.5. The molecule has 1 N–H and O–H groups in total. The summed E-state index contributed by atoms with van der Waals surface area (Å²) in [6.45, 7) is 2.64. The smallest absolute Gasteiger partial charge is 0.419 e. The molecule has 1 unspecified atom stereocenters. The van der Waals surface area contributed by atoms with E-state index in [1.165, 1.54) is 18.2 Å². The minimum Gasteiger partial charge on any atom is -0.492 e. The molecule has 23 heavy (non-hydrogen) atoms. The Morgan fingerprint density at radius 1 is 1.22 bits per heavy atom. The highest BCUT2D eigenvalue weighted by Gasteiger charge is 2.34. The minimum atomic E-state index is -4.41. The van der Waals surface area contributed by atoms with E-state index in [0.29, 0.717) is 19.7 Å². The lowest BCUT2D eigenvalue weighted by molar-refractivity contribution is -0.139. The normalized spacial score (nSPS) is 19.7.